The Morgan fingerprint density at radius 1 is 1.14 bits per heavy atom. The summed E-state index contributed by atoms with van der Waals surface area (Å²) in [5.41, 5.74) is 0.535. The lowest BCUT2D eigenvalue weighted by atomic mass is 10.1. The molecule has 0 amide bonds. The molecule has 0 radical (unpaired) electrons. The standard InChI is InChI=1S/C16H14BrF2NO/c1-20(9-11-4-2-5-12(17)8-11)10-15(21)16-13(18)6-3-7-14(16)19/h2-8H,9-10H2,1H3. The number of carbonyl (C=O) groups excluding carboxylic acids is 1. The lowest BCUT2D eigenvalue weighted by Gasteiger charge is -2.16. The van der Waals surface area contributed by atoms with E-state index in [0.29, 0.717) is 6.54 Å². The predicted octanol–water partition coefficient (Wildman–Crippen LogP) is 4.04. The molecule has 5 heteroatoms. The van der Waals surface area contributed by atoms with Crippen LogP contribution in [0, 0.1) is 11.6 Å². The predicted molar refractivity (Wildman–Crippen MR) is 81.2 cm³/mol. The van der Waals surface area contributed by atoms with E-state index in [1.54, 1.807) is 11.9 Å². The summed E-state index contributed by atoms with van der Waals surface area (Å²) in [6.07, 6.45) is 0. The van der Waals surface area contributed by atoms with E-state index in [-0.39, 0.29) is 6.54 Å². The second-order valence-corrected chi connectivity index (χ2v) is 5.74. The Labute approximate surface area is 130 Å². The van der Waals surface area contributed by atoms with Crippen LogP contribution in [0.15, 0.2) is 46.9 Å². The number of halogens is 3. The molecule has 0 atom stereocenters. The Kier molecular flexibility index (Phi) is 5.20. The fourth-order valence-electron chi connectivity index (χ4n) is 2.09. The molecule has 2 aromatic rings. The van der Waals surface area contributed by atoms with Crippen molar-refractivity contribution in [3.63, 3.8) is 0 Å². The highest BCUT2D eigenvalue weighted by Gasteiger charge is 2.18. The summed E-state index contributed by atoms with van der Waals surface area (Å²) in [4.78, 5) is 13.7. The minimum absolute atomic E-state index is 0.0512. The first-order chi connectivity index (χ1) is 9.97. The second kappa shape index (κ2) is 6.91. The monoisotopic (exact) mass is 353 g/mol. The van der Waals surface area contributed by atoms with Crippen molar-refractivity contribution in [1.82, 2.24) is 4.90 Å². The van der Waals surface area contributed by atoms with E-state index >= 15 is 0 Å². The molecule has 0 saturated carbocycles. The van der Waals surface area contributed by atoms with Gasteiger partial charge >= 0.3 is 0 Å². The first kappa shape index (κ1) is 15.8. The lowest BCUT2D eigenvalue weighted by molar-refractivity contribution is 0.0934. The highest BCUT2D eigenvalue weighted by atomic mass is 79.9. The summed E-state index contributed by atoms with van der Waals surface area (Å²) >= 11 is 3.37. The smallest absolute Gasteiger partial charge is 0.182 e. The fraction of sp³-hybridized carbons (Fsp3) is 0.188. The zero-order valence-electron chi connectivity index (χ0n) is 11.4. The Balaban J connectivity index is 2.06. The number of hydrogen-bond donors (Lipinski definition) is 0. The molecule has 2 nitrogen and oxygen atoms in total. The van der Waals surface area contributed by atoms with Crippen molar-refractivity contribution < 1.29 is 13.6 Å². The zero-order chi connectivity index (χ0) is 15.4. The Bertz CT molecular complexity index is 640. The molecule has 0 aliphatic carbocycles. The molecule has 110 valence electrons. The Morgan fingerprint density at radius 3 is 2.38 bits per heavy atom. The number of benzene rings is 2. The van der Waals surface area contributed by atoms with Gasteiger partial charge in [-0.15, -0.1) is 0 Å². The van der Waals surface area contributed by atoms with Crippen LogP contribution in [0.25, 0.3) is 0 Å². The maximum atomic E-state index is 13.5. The topological polar surface area (TPSA) is 20.3 Å². The van der Waals surface area contributed by atoms with Gasteiger partial charge in [-0.3, -0.25) is 9.69 Å². The van der Waals surface area contributed by atoms with Crippen molar-refractivity contribution >= 4 is 21.7 Å². The summed E-state index contributed by atoms with van der Waals surface area (Å²) < 4.78 is 28.0. The van der Waals surface area contributed by atoms with Crippen molar-refractivity contribution in [3.8, 4) is 0 Å². The van der Waals surface area contributed by atoms with Crippen LogP contribution in [0.2, 0.25) is 0 Å². The van der Waals surface area contributed by atoms with Crippen LogP contribution in [0.1, 0.15) is 15.9 Å². The third-order valence-electron chi connectivity index (χ3n) is 3.00. The van der Waals surface area contributed by atoms with Crippen molar-refractivity contribution in [2.45, 2.75) is 6.54 Å². The van der Waals surface area contributed by atoms with Gasteiger partial charge in [0.2, 0.25) is 0 Å². The molecule has 2 aromatic carbocycles. The van der Waals surface area contributed by atoms with E-state index in [1.165, 1.54) is 6.07 Å². The largest absolute Gasteiger partial charge is 0.295 e. The SMILES string of the molecule is CN(CC(=O)c1c(F)cccc1F)Cc1cccc(Br)c1. The fourth-order valence-corrected chi connectivity index (χ4v) is 2.54. The van der Waals surface area contributed by atoms with E-state index in [2.05, 4.69) is 15.9 Å². The van der Waals surface area contributed by atoms with Crippen LogP contribution in [0.5, 0.6) is 0 Å². The van der Waals surface area contributed by atoms with Gasteiger partial charge in [0.05, 0.1) is 12.1 Å². The van der Waals surface area contributed by atoms with Gasteiger partial charge in [0.25, 0.3) is 0 Å². The van der Waals surface area contributed by atoms with Crippen LogP contribution < -0.4 is 0 Å². The molecule has 0 aliphatic heterocycles. The molecule has 2 rings (SSSR count). The average molecular weight is 354 g/mol. The molecular weight excluding hydrogens is 340 g/mol. The maximum Gasteiger partial charge on any atom is 0.182 e. The van der Waals surface area contributed by atoms with Crippen molar-refractivity contribution in [3.05, 3.63) is 69.7 Å². The first-order valence-electron chi connectivity index (χ1n) is 6.37. The number of hydrogen-bond acceptors (Lipinski definition) is 2. The van der Waals surface area contributed by atoms with Crippen molar-refractivity contribution in [2.24, 2.45) is 0 Å². The van der Waals surface area contributed by atoms with Crippen LogP contribution in [-0.4, -0.2) is 24.3 Å². The first-order valence-corrected chi connectivity index (χ1v) is 7.17. The quantitative estimate of drug-likeness (QED) is 0.756. The van der Waals surface area contributed by atoms with Gasteiger partial charge in [0, 0.05) is 11.0 Å². The van der Waals surface area contributed by atoms with Crippen LogP contribution >= 0.6 is 15.9 Å². The van der Waals surface area contributed by atoms with Gasteiger partial charge in [-0.25, -0.2) is 8.78 Å². The van der Waals surface area contributed by atoms with Gasteiger partial charge in [-0.1, -0.05) is 34.1 Å². The van der Waals surface area contributed by atoms with Crippen LogP contribution in [0.4, 0.5) is 8.78 Å². The number of nitrogens with zero attached hydrogens (tertiary/aromatic N) is 1. The van der Waals surface area contributed by atoms with E-state index < -0.39 is 23.0 Å². The van der Waals surface area contributed by atoms with Gasteiger partial charge in [-0.2, -0.15) is 0 Å². The molecular formula is C16H14BrF2NO. The van der Waals surface area contributed by atoms with Crippen LogP contribution in [-0.2, 0) is 6.54 Å². The summed E-state index contributed by atoms with van der Waals surface area (Å²) in [6.45, 7) is 0.464. The second-order valence-electron chi connectivity index (χ2n) is 4.82. The van der Waals surface area contributed by atoms with Gasteiger partial charge in [0.1, 0.15) is 11.6 Å². The molecule has 0 unspecified atom stereocenters. The third kappa shape index (κ3) is 4.19. The molecule has 21 heavy (non-hydrogen) atoms. The van der Waals surface area contributed by atoms with Gasteiger partial charge in [-0.05, 0) is 36.9 Å². The van der Waals surface area contributed by atoms with Crippen molar-refractivity contribution in [2.75, 3.05) is 13.6 Å². The van der Waals surface area contributed by atoms with E-state index in [9.17, 15) is 13.6 Å². The molecule has 0 aromatic heterocycles. The highest BCUT2D eigenvalue weighted by Crippen LogP contribution is 2.15. The third-order valence-corrected chi connectivity index (χ3v) is 3.49. The summed E-state index contributed by atoms with van der Waals surface area (Å²) in [5, 5.41) is 0. The Morgan fingerprint density at radius 2 is 1.76 bits per heavy atom. The molecule has 0 saturated heterocycles. The normalized spacial score (nSPS) is 10.9. The zero-order valence-corrected chi connectivity index (χ0v) is 13.0. The Hall–Kier alpha value is -1.59. The molecule has 0 N–H and O–H groups in total. The number of ketones is 1. The lowest BCUT2D eigenvalue weighted by Crippen LogP contribution is -2.26. The highest BCUT2D eigenvalue weighted by molar-refractivity contribution is 9.10. The minimum Gasteiger partial charge on any atom is -0.295 e. The van der Waals surface area contributed by atoms with E-state index in [0.717, 1.165) is 22.2 Å². The number of rotatable bonds is 5. The maximum absolute atomic E-state index is 13.5. The molecule has 0 bridgehead atoms. The van der Waals surface area contributed by atoms with E-state index in [4.69, 9.17) is 0 Å². The average Bonchev–Trinajstić information content (AvgIpc) is 2.38. The van der Waals surface area contributed by atoms with Crippen LogP contribution in [0.3, 0.4) is 0 Å². The molecule has 0 aliphatic rings. The number of Topliss-reactive ketones (excluding diaryl/α,β-unsaturated/α-hetero) is 1. The molecule has 0 fully saturated rings. The van der Waals surface area contributed by atoms with Gasteiger partial charge in [0.15, 0.2) is 5.78 Å². The summed E-state index contributed by atoms with van der Waals surface area (Å²) in [7, 11) is 1.73. The summed E-state index contributed by atoms with van der Waals surface area (Å²) in [5.74, 6) is -2.21. The van der Waals surface area contributed by atoms with Crippen molar-refractivity contribution in [1.29, 1.82) is 0 Å². The minimum atomic E-state index is -0.823. The number of carbonyl (C=O) groups is 1. The van der Waals surface area contributed by atoms with Gasteiger partial charge < -0.3 is 0 Å². The molecule has 0 heterocycles. The summed E-state index contributed by atoms with van der Waals surface area (Å²) in [6, 6.07) is 11.1. The molecule has 0 spiro atoms. The van der Waals surface area contributed by atoms with E-state index in [1.807, 2.05) is 24.3 Å². The number of likely N-dealkylation sites (N-methyl/N-ethyl adjacent to an activating group) is 1.